The molecule has 0 radical (unpaired) electrons. The number of anilines is 1. The molecule has 1 aliphatic heterocycles. The standard InChI is InChI=1S/C15H21BrN2O2/c1-15(2,10-6-8-18-9-7-10)20-14(19)11-4-3-5-12(16)13(11)17/h3-5,10,18H,6-9,17H2,1-2H3. The summed E-state index contributed by atoms with van der Waals surface area (Å²) < 4.78 is 6.45. The average Bonchev–Trinajstić information content (AvgIpc) is 2.42. The summed E-state index contributed by atoms with van der Waals surface area (Å²) in [5, 5.41) is 3.32. The van der Waals surface area contributed by atoms with Crippen molar-refractivity contribution in [2.24, 2.45) is 5.92 Å². The number of esters is 1. The van der Waals surface area contributed by atoms with Crippen LogP contribution in [0.2, 0.25) is 0 Å². The van der Waals surface area contributed by atoms with E-state index in [0.29, 0.717) is 21.6 Å². The molecule has 1 heterocycles. The first-order valence-electron chi connectivity index (χ1n) is 6.90. The highest BCUT2D eigenvalue weighted by atomic mass is 79.9. The van der Waals surface area contributed by atoms with E-state index in [2.05, 4.69) is 21.2 Å². The summed E-state index contributed by atoms with van der Waals surface area (Å²) in [5.41, 5.74) is 6.29. The zero-order valence-electron chi connectivity index (χ0n) is 11.9. The molecule has 1 aliphatic rings. The maximum absolute atomic E-state index is 12.3. The van der Waals surface area contributed by atoms with Crippen LogP contribution in [0.3, 0.4) is 0 Å². The van der Waals surface area contributed by atoms with Gasteiger partial charge in [0, 0.05) is 10.4 Å². The highest BCUT2D eigenvalue weighted by Gasteiger charge is 2.34. The second-order valence-electron chi connectivity index (χ2n) is 5.72. The lowest BCUT2D eigenvalue weighted by Gasteiger charge is -2.36. The number of nitrogens with one attached hydrogen (secondary N) is 1. The Morgan fingerprint density at radius 1 is 1.40 bits per heavy atom. The Labute approximate surface area is 128 Å². The number of hydrogen-bond acceptors (Lipinski definition) is 4. The summed E-state index contributed by atoms with van der Waals surface area (Å²) in [6.45, 7) is 5.92. The molecule has 1 aromatic carbocycles. The van der Waals surface area contributed by atoms with E-state index >= 15 is 0 Å². The van der Waals surface area contributed by atoms with Crippen LogP contribution in [0.15, 0.2) is 22.7 Å². The number of benzene rings is 1. The Morgan fingerprint density at radius 3 is 2.70 bits per heavy atom. The van der Waals surface area contributed by atoms with Crippen molar-refractivity contribution in [1.82, 2.24) is 5.32 Å². The van der Waals surface area contributed by atoms with Gasteiger partial charge in [0.05, 0.1) is 11.3 Å². The Balaban J connectivity index is 2.11. The molecule has 0 saturated carbocycles. The molecule has 20 heavy (non-hydrogen) atoms. The van der Waals surface area contributed by atoms with Crippen molar-refractivity contribution in [3.8, 4) is 0 Å². The molecule has 0 bridgehead atoms. The number of ether oxygens (including phenoxy) is 1. The number of hydrogen-bond donors (Lipinski definition) is 2. The van der Waals surface area contributed by atoms with Crippen molar-refractivity contribution in [3.63, 3.8) is 0 Å². The van der Waals surface area contributed by atoms with E-state index in [1.54, 1.807) is 12.1 Å². The van der Waals surface area contributed by atoms with Gasteiger partial charge in [-0.25, -0.2) is 4.79 Å². The third-order valence-electron chi connectivity index (χ3n) is 3.95. The smallest absolute Gasteiger partial charge is 0.340 e. The molecule has 2 rings (SSSR count). The molecular formula is C15H21BrN2O2. The lowest BCUT2D eigenvalue weighted by atomic mass is 9.83. The van der Waals surface area contributed by atoms with Gasteiger partial charge in [-0.05, 0) is 67.8 Å². The van der Waals surface area contributed by atoms with E-state index in [4.69, 9.17) is 10.5 Å². The SMILES string of the molecule is CC(C)(OC(=O)c1cccc(Br)c1N)C1CCNCC1. The molecule has 0 aromatic heterocycles. The van der Waals surface area contributed by atoms with Gasteiger partial charge in [0.15, 0.2) is 0 Å². The number of carbonyl (C=O) groups excluding carboxylic acids is 1. The Bertz CT molecular complexity index is 497. The fourth-order valence-electron chi connectivity index (χ4n) is 2.61. The Kier molecular flexibility index (Phi) is 4.70. The zero-order chi connectivity index (χ0) is 14.8. The molecule has 4 nitrogen and oxygen atoms in total. The van der Waals surface area contributed by atoms with Crippen LogP contribution in [-0.2, 0) is 4.74 Å². The maximum Gasteiger partial charge on any atom is 0.340 e. The molecule has 0 spiro atoms. The first kappa shape index (κ1) is 15.3. The number of para-hydroxylation sites is 1. The van der Waals surface area contributed by atoms with Crippen LogP contribution < -0.4 is 11.1 Å². The lowest BCUT2D eigenvalue weighted by molar-refractivity contribution is -0.0367. The Hall–Kier alpha value is -1.07. The normalized spacial score (nSPS) is 16.9. The molecule has 1 fully saturated rings. The summed E-state index contributed by atoms with van der Waals surface area (Å²) in [5.74, 6) is 0.0217. The number of piperidine rings is 1. The summed E-state index contributed by atoms with van der Waals surface area (Å²) in [4.78, 5) is 12.3. The third kappa shape index (κ3) is 3.33. The summed E-state index contributed by atoms with van der Waals surface area (Å²) in [7, 11) is 0. The van der Waals surface area contributed by atoms with Gasteiger partial charge in [0.25, 0.3) is 0 Å². The van der Waals surface area contributed by atoms with Crippen LogP contribution in [-0.4, -0.2) is 24.7 Å². The fraction of sp³-hybridized carbons (Fsp3) is 0.533. The van der Waals surface area contributed by atoms with E-state index in [0.717, 1.165) is 25.9 Å². The van der Waals surface area contributed by atoms with Crippen LogP contribution in [0.5, 0.6) is 0 Å². The van der Waals surface area contributed by atoms with E-state index in [-0.39, 0.29) is 5.97 Å². The van der Waals surface area contributed by atoms with Crippen molar-refractivity contribution in [2.75, 3.05) is 18.8 Å². The first-order chi connectivity index (χ1) is 9.42. The van der Waals surface area contributed by atoms with Gasteiger partial charge in [-0.2, -0.15) is 0 Å². The highest BCUT2D eigenvalue weighted by Crippen LogP contribution is 2.31. The minimum Gasteiger partial charge on any atom is -0.456 e. The minimum atomic E-state index is -0.478. The molecule has 5 heteroatoms. The fourth-order valence-corrected chi connectivity index (χ4v) is 2.98. The summed E-state index contributed by atoms with van der Waals surface area (Å²) in [6, 6.07) is 5.29. The topological polar surface area (TPSA) is 64.3 Å². The molecule has 1 saturated heterocycles. The predicted molar refractivity (Wildman–Crippen MR) is 83.6 cm³/mol. The van der Waals surface area contributed by atoms with E-state index in [1.165, 1.54) is 0 Å². The Morgan fingerprint density at radius 2 is 2.05 bits per heavy atom. The van der Waals surface area contributed by atoms with Gasteiger partial charge in [-0.3, -0.25) is 0 Å². The molecule has 0 atom stereocenters. The van der Waals surface area contributed by atoms with Crippen molar-refractivity contribution in [3.05, 3.63) is 28.2 Å². The number of halogens is 1. The monoisotopic (exact) mass is 340 g/mol. The van der Waals surface area contributed by atoms with Gasteiger partial charge >= 0.3 is 5.97 Å². The lowest BCUT2D eigenvalue weighted by Crippen LogP contribution is -2.42. The van der Waals surface area contributed by atoms with Gasteiger partial charge in [-0.1, -0.05) is 6.07 Å². The van der Waals surface area contributed by atoms with Crippen LogP contribution in [0.1, 0.15) is 37.0 Å². The van der Waals surface area contributed by atoms with Crippen LogP contribution in [0, 0.1) is 5.92 Å². The quantitative estimate of drug-likeness (QED) is 0.655. The molecule has 0 amide bonds. The largest absolute Gasteiger partial charge is 0.456 e. The number of carbonyl (C=O) groups is 1. The first-order valence-corrected chi connectivity index (χ1v) is 7.69. The molecule has 0 aliphatic carbocycles. The van der Waals surface area contributed by atoms with Crippen molar-refractivity contribution >= 4 is 27.6 Å². The van der Waals surface area contributed by atoms with E-state index in [9.17, 15) is 4.79 Å². The van der Waals surface area contributed by atoms with Gasteiger partial charge in [0.2, 0.25) is 0 Å². The van der Waals surface area contributed by atoms with Crippen molar-refractivity contribution in [1.29, 1.82) is 0 Å². The second kappa shape index (κ2) is 6.14. The molecule has 110 valence electrons. The average molecular weight is 341 g/mol. The van der Waals surface area contributed by atoms with E-state index in [1.807, 2.05) is 19.9 Å². The number of nitrogens with two attached hydrogens (primary N) is 1. The maximum atomic E-state index is 12.3. The molecule has 0 unspecified atom stereocenters. The van der Waals surface area contributed by atoms with Gasteiger partial charge < -0.3 is 15.8 Å². The van der Waals surface area contributed by atoms with Crippen molar-refractivity contribution in [2.45, 2.75) is 32.3 Å². The van der Waals surface area contributed by atoms with Crippen LogP contribution in [0.25, 0.3) is 0 Å². The zero-order valence-corrected chi connectivity index (χ0v) is 13.5. The minimum absolute atomic E-state index is 0.354. The predicted octanol–water partition coefficient (Wildman–Crippen LogP) is 2.97. The highest BCUT2D eigenvalue weighted by molar-refractivity contribution is 9.10. The molecule has 1 aromatic rings. The van der Waals surface area contributed by atoms with Crippen LogP contribution in [0.4, 0.5) is 5.69 Å². The van der Waals surface area contributed by atoms with E-state index < -0.39 is 5.60 Å². The third-order valence-corrected chi connectivity index (χ3v) is 4.64. The van der Waals surface area contributed by atoms with Crippen LogP contribution >= 0.6 is 15.9 Å². The molecule has 3 N–H and O–H groups in total. The summed E-state index contributed by atoms with van der Waals surface area (Å²) >= 11 is 3.33. The number of nitrogen functional groups attached to an aromatic ring is 1. The molecular weight excluding hydrogens is 320 g/mol. The number of rotatable bonds is 3. The van der Waals surface area contributed by atoms with Gasteiger partial charge in [0.1, 0.15) is 5.60 Å². The van der Waals surface area contributed by atoms with Crippen molar-refractivity contribution < 1.29 is 9.53 Å². The van der Waals surface area contributed by atoms with Gasteiger partial charge in [-0.15, -0.1) is 0 Å². The second-order valence-corrected chi connectivity index (χ2v) is 6.57. The summed E-state index contributed by atoms with van der Waals surface area (Å²) in [6.07, 6.45) is 2.04.